The average Bonchev–Trinajstić information content (AvgIpc) is 2.95. The average molecular weight is 320 g/mol. The van der Waals surface area contributed by atoms with Crippen LogP contribution in [0.1, 0.15) is 19.2 Å². The number of tetrazole rings is 1. The molecule has 2 aromatic rings. The maximum absolute atomic E-state index is 12.1. The summed E-state index contributed by atoms with van der Waals surface area (Å²) in [6.45, 7) is 1.47. The summed E-state index contributed by atoms with van der Waals surface area (Å²) < 4.78 is 5.46. The number of carboxylic acid groups (broad SMARTS) is 1. The molecule has 0 amide bonds. The molecule has 9 nitrogen and oxygen atoms in total. The third kappa shape index (κ3) is 5.06. The molecule has 1 unspecified atom stereocenters. The van der Waals surface area contributed by atoms with Gasteiger partial charge in [-0.05, 0) is 36.4 Å². The molecule has 0 aliphatic heterocycles. The highest BCUT2D eigenvalue weighted by molar-refractivity contribution is 5.82. The zero-order valence-electron chi connectivity index (χ0n) is 12.4. The Kier molecular flexibility index (Phi) is 5.23. The number of Topliss-reactive ketones (excluding diaryl/α,β-unsaturated/α-hetero) is 1. The van der Waals surface area contributed by atoms with E-state index >= 15 is 0 Å². The highest BCUT2D eigenvalue weighted by atomic mass is 16.5. The van der Waals surface area contributed by atoms with Gasteiger partial charge in [-0.2, -0.15) is 4.80 Å². The lowest BCUT2D eigenvalue weighted by Crippen LogP contribution is -2.28. The van der Waals surface area contributed by atoms with Crippen LogP contribution >= 0.6 is 0 Å². The maximum atomic E-state index is 12.1. The van der Waals surface area contributed by atoms with Gasteiger partial charge in [0.25, 0.3) is 0 Å². The number of carbonyl (C=O) groups is 2. The lowest BCUT2D eigenvalue weighted by Gasteiger charge is -2.13. The fraction of sp³-hybridized carbons (Fsp3) is 0.357. The van der Waals surface area contributed by atoms with Crippen molar-refractivity contribution in [3.8, 4) is 11.5 Å². The summed E-state index contributed by atoms with van der Waals surface area (Å²) in [5.41, 5.74) is 0. The Morgan fingerprint density at radius 3 is 2.65 bits per heavy atom. The number of phenols is 1. The second-order valence-electron chi connectivity index (χ2n) is 4.85. The Bertz CT molecular complexity index is 683. The van der Waals surface area contributed by atoms with Crippen molar-refractivity contribution in [2.75, 3.05) is 0 Å². The summed E-state index contributed by atoms with van der Waals surface area (Å²) in [7, 11) is 0. The van der Waals surface area contributed by atoms with Gasteiger partial charge in [-0.25, -0.2) is 0 Å². The molecule has 9 heteroatoms. The van der Waals surface area contributed by atoms with Crippen molar-refractivity contribution in [1.82, 2.24) is 20.2 Å². The third-order valence-corrected chi connectivity index (χ3v) is 2.96. The third-order valence-electron chi connectivity index (χ3n) is 2.96. The van der Waals surface area contributed by atoms with Crippen molar-refractivity contribution < 1.29 is 24.5 Å². The van der Waals surface area contributed by atoms with Crippen LogP contribution in [0, 0.1) is 0 Å². The zero-order valence-corrected chi connectivity index (χ0v) is 12.4. The van der Waals surface area contributed by atoms with Crippen molar-refractivity contribution in [3.05, 3.63) is 30.1 Å². The van der Waals surface area contributed by atoms with E-state index in [9.17, 15) is 14.7 Å². The molecule has 23 heavy (non-hydrogen) atoms. The quantitative estimate of drug-likeness (QED) is 0.717. The monoisotopic (exact) mass is 320 g/mol. The minimum atomic E-state index is -0.951. The second-order valence-corrected chi connectivity index (χ2v) is 4.85. The fourth-order valence-electron chi connectivity index (χ4n) is 1.72. The van der Waals surface area contributed by atoms with Gasteiger partial charge in [-0.15, -0.1) is 10.2 Å². The number of phenolic OH excluding ortho intramolecular Hbond substituents is 1. The number of ether oxygens (including phenoxy) is 1. The van der Waals surface area contributed by atoms with Gasteiger partial charge < -0.3 is 14.9 Å². The van der Waals surface area contributed by atoms with E-state index in [0.717, 1.165) is 4.80 Å². The molecule has 0 radical (unpaired) electrons. The predicted octanol–water partition coefficient (Wildman–Crippen LogP) is 0.432. The molecular weight excluding hydrogens is 304 g/mol. The van der Waals surface area contributed by atoms with Crippen molar-refractivity contribution in [2.24, 2.45) is 0 Å². The summed E-state index contributed by atoms with van der Waals surface area (Å²) in [4.78, 5) is 23.6. The molecule has 1 heterocycles. The Labute approximate surface area is 131 Å². The first-order chi connectivity index (χ1) is 10.9. The van der Waals surface area contributed by atoms with E-state index in [1.165, 1.54) is 12.1 Å². The molecule has 1 aromatic heterocycles. The van der Waals surface area contributed by atoms with E-state index in [2.05, 4.69) is 15.4 Å². The van der Waals surface area contributed by atoms with E-state index in [4.69, 9.17) is 9.84 Å². The van der Waals surface area contributed by atoms with Gasteiger partial charge in [0.1, 0.15) is 18.0 Å². The number of hydrogen-bond acceptors (Lipinski definition) is 7. The number of rotatable bonds is 8. The van der Waals surface area contributed by atoms with Gasteiger partial charge in [0.15, 0.2) is 17.7 Å². The standard InChI is InChI=1S/C14H16N4O5/c1-9(23-11-4-2-10(19)3-5-11)12(20)8-18-16-13(15-17-18)6-7-14(21)22/h2-5,9,19H,6-8H2,1H3,(H,21,22). The van der Waals surface area contributed by atoms with E-state index in [-0.39, 0.29) is 36.7 Å². The van der Waals surface area contributed by atoms with Gasteiger partial charge in [0, 0.05) is 6.42 Å². The number of carbonyl (C=O) groups excluding carboxylic acids is 1. The van der Waals surface area contributed by atoms with Crippen LogP contribution in [0.4, 0.5) is 0 Å². The van der Waals surface area contributed by atoms with Gasteiger partial charge in [-0.1, -0.05) is 0 Å². The van der Waals surface area contributed by atoms with Crippen LogP contribution in [0.2, 0.25) is 0 Å². The number of nitrogens with zero attached hydrogens (tertiary/aromatic N) is 4. The molecule has 1 atom stereocenters. The molecule has 2 N–H and O–H groups in total. The summed E-state index contributed by atoms with van der Waals surface area (Å²) >= 11 is 0. The first-order valence-electron chi connectivity index (χ1n) is 6.91. The molecule has 0 spiro atoms. The Balaban J connectivity index is 1.88. The van der Waals surface area contributed by atoms with Gasteiger partial charge in [0.05, 0.1) is 6.42 Å². The number of aryl methyl sites for hydroxylation is 1. The molecule has 0 aliphatic rings. The van der Waals surface area contributed by atoms with Crippen LogP contribution in [0.25, 0.3) is 0 Å². The molecule has 0 saturated carbocycles. The number of carboxylic acids is 1. The zero-order chi connectivity index (χ0) is 16.8. The van der Waals surface area contributed by atoms with Crippen LogP contribution in [-0.2, 0) is 22.6 Å². The van der Waals surface area contributed by atoms with E-state index in [1.807, 2.05) is 0 Å². The largest absolute Gasteiger partial charge is 0.508 e. The lowest BCUT2D eigenvalue weighted by molar-refractivity contribution is -0.137. The number of hydrogen-bond donors (Lipinski definition) is 2. The maximum Gasteiger partial charge on any atom is 0.303 e. The molecule has 0 bridgehead atoms. The number of ketones is 1. The van der Waals surface area contributed by atoms with E-state index < -0.39 is 12.1 Å². The molecule has 1 aromatic carbocycles. The number of aromatic hydroxyl groups is 1. The molecule has 122 valence electrons. The van der Waals surface area contributed by atoms with Gasteiger partial charge in [-0.3, -0.25) is 9.59 Å². The number of benzene rings is 1. The predicted molar refractivity (Wildman–Crippen MR) is 77.0 cm³/mol. The van der Waals surface area contributed by atoms with E-state index in [0.29, 0.717) is 5.75 Å². The van der Waals surface area contributed by atoms with Crippen molar-refractivity contribution in [2.45, 2.75) is 32.4 Å². The SMILES string of the molecule is CC(Oc1ccc(O)cc1)C(=O)Cn1nnc(CCC(=O)O)n1. The summed E-state index contributed by atoms with van der Waals surface area (Å²) in [5, 5.41) is 29.1. The van der Waals surface area contributed by atoms with Gasteiger partial charge in [0.2, 0.25) is 0 Å². The first kappa shape index (κ1) is 16.4. The van der Waals surface area contributed by atoms with Gasteiger partial charge >= 0.3 is 5.97 Å². The van der Waals surface area contributed by atoms with Crippen molar-refractivity contribution >= 4 is 11.8 Å². The van der Waals surface area contributed by atoms with Crippen molar-refractivity contribution in [3.63, 3.8) is 0 Å². The fourth-order valence-corrected chi connectivity index (χ4v) is 1.72. The Hall–Kier alpha value is -2.97. The molecule has 0 aliphatic carbocycles. The van der Waals surface area contributed by atoms with E-state index in [1.54, 1.807) is 19.1 Å². The topological polar surface area (TPSA) is 127 Å². The van der Waals surface area contributed by atoms with Crippen LogP contribution in [-0.4, -0.2) is 48.3 Å². The molecule has 2 rings (SSSR count). The smallest absolute Gasteiger partial charge is 0.303 e. The normalized spacial score (nSPS) is 11.9. The Morgan fingerprint density at radius 1 is 1.30 bits per heavy atom. The number of aliphatic carboxylic acids is 1. The molecular formula is C14H16N4O5. The molecule has 0 saturated heterocycles. The highest BCUT2D eigenvalue weighted by Crippen LogP contribution is 2.17. The summed E-state index contributed by atoms with van der Waals surface area (Å²) in [6, 6.07) is 6.02. The first-order valence-corrected chi connectivity index (χ1v) is 6.91. The number of aromatic nitrogens is 4. The summed E-state index contributed by atoms with van der Waals surface area (Å²) in [5.74, 6) is -0.379. The molecule has 0 fully saturated rings. The highest BCUT2D eigenvalue weighted by Gasteiger charge is 2.17. The minimum Gasteiger partial charge on any atom is -0.508 e. The van der Waals surface area contributed by atoms with Crippen LogP contribution in [0.3, 0.4) is 0 Å². The Morgan fingerprint density at radius 2 is 2.00 bits per heavy atom. The lowest BCUT2D eigenvalue weighted by atomic mass is 10.2. The summed E-state index contributed by atoms with van der Waals surface area (Å²) in [6.07, 6.45) is -0.670. The minimum absolute atomic E-state index is 0.0972. The second kappa shape index (κ2) is 7.34. The van der Waals surface area contributed by atoms with Crippen LogP contribution in [0.15, 0.2) is 24.3 Å². The van der Waals surface area contributed by atoms with Crippen LogP contribution in [0.5, 0.6) is 11.5 Å². The van der Waals surface area contributed by atoms with Crippen molar-refractivity contribution in [1.29, 1.82) is 0 Å². The van der Waals surface area contributed by atoms with Crippen LogP contribution < -0.4 is 4.74 Å².